The Morgan fingerprint density at radius 1 is 0.839 bits per heavy atom. The molecule has 1 amide bonds. The third kappa shape index (κ3) is 8.15. The zero-order chi connectivity index (χ0) is 42.9. The number of nitriles is 2. The van der Waals surface area contributed by atoms with Crippen LogP contribution in [0.2, 0.25) is 0 Å². The number of carbonyl (C=O) groups excluding carboxylic acids is 1. The molecule has 14 heteroatoms. The molecule has 0 bridgehead atoms. The number of aromatic nitrogens is 4. The molecule has 2 aromatic heterocycles. The Kier molecular flexibility index (Phi) is 11.3. The number of hydrogen-bond acceptors (Lipinski definition) is 13. The van der Waals surface area contributed by atoms with Gasteiger partial charge in [-0.2, -0.15) is 20.5 Å². The predicted octanol–water partition coefficient (Wildman–Crippen LogP) is 7.32. The number of fused-ring (bicyclic) bond motifs is 2. The summed E-state index contributed by atoms with van der Waals surface area (Å²) in [5.74, 6) is 2.57. The summed E-state index contributed by atoms with van der Waals surface area (Å²) in [5, 5.41) is 41.8. The van der Waals surface area contributed by atoms with Crippen LogP contribution in [0.4, 0.5) is 0 Å². The van der Waals surface area contributed by atoms with Crippen molar-refractivity contribution in [3.8, 4) is 69.3 Å². The van der Waals surface area contributed by atoms with Gasteiger partial charge in [0.2, 0.25) is 17.6 Å². The maximum Gasteiger partial charge on any atom is 0.258 e. The summed E-state index contributed by atoms with van der Waals surface area (Å²) in [5.41, 5.74) is 9.69. The van der Waals surface area contributed by atoms with Gasteiger partial charge >= 0.3 is 0 Å². The molecule has 14 nitrogen and oxygen atoms in total. The van der Waals surface area contributed by atoms with E-state index in [1.165, 1.54) is 16.7 Å². The van der Waals surface area contributed by atoms with E-state index in [1.807, 2.05) is 51.1 Å². The van der Waals surface area contributed by atoms with Gasteiger partial charge in [0, 0.05) is 47.8 Å². The molecule has 314 valence electrons. The minimum absolute atomic E-state index is 0.00287. The van der Waals surface area contributed by atoms with Gasteiger partial charge in [0.1, 0.15) is 23.6 Å². The molecule has 2 unspecified atom stereocenters. The summed E-state index contributed by atoms with van der Waals surface area (Å²) >= 11 is 0. The molecule has 1 saturated heterocycles. The number of rotatable bonds is 13. The number of carbonyl (C=O) groups is 1. The molecule has 0 saturated carbocycles. The number of nitrogens with zero attached hydrogens (tertiary/aromatic N) is 7. The third-order valence-electron chi connectivity index (χ3n) is 11.9. The van der Waals surface area contributed by atoms with E-state index < -0.39 is 6.10 Å². The number of hydrogen-bond donors (Lipinski definition) is 2. The molecule has 2 aliphatic carbocycles. The van der Waals surface area contributed by atoms with Gasteiger partial charge in [-0.1, -0.05) is 40.6 Å². The smallest absolute Gasteiger partial charge is 0.258 e. The van der Waals surface area contributed by atoms with Gasteiger partial charge in [-0.3, -0.25) is 4.79 Å². The molecule has 3 aliphatic rings. The molecule has 3 atom stereocenters. The first kappa shape index (κ1) is 40.5. The number of β-amino-alcohol motifs (C(OH)–C–C–N with tert-alkyl or cyclic N) is 1. The summed E-state index contributed by atoms with van der Waals surface area (Å²) in [6.45, 7) is 7.02. The Bertz CT molecular complexity index is 2740. The Hall–Kier alpha value is -6.87. The molecule has 0 spiro atoms. The van der Waals surface area contributed by atoms with Gasteiger partial charge in [-0.15, -0.1) is 0 Å². The van der Waals surface area contributed by atoms with Crippen LogP contribution in [0.3, 0.4) is 0 Å². The standard InChI is InChI=1S/C48H46N8O6/c1-27(2)59-42-16-11-30(21-32(42)23-49)48-53-46(55-62-48)40-13-10-29(35-6-4-7-36(35)40)20-28(3)60-43-17-12-31(22-33(43)24-50)47-52-45(54-61-47)39-9-5-8-38-37(39)14-15-41(38)51-25-44(58)56-19-18-34(57)26-56/h5,8-13,16-17,21-22,27-28,34,41,51,57H,4,6-7,14-15,18-20,25-26H2,1-3H3/t28?,34-,41?/m0/s1. The highest BCUT2D eigenvalue weighted by atomic mass is 16.5. The summed E-state index contributed by atoms with van der Waals surface area (Å²) in [6.07, 6.45) is 4.99. The lowest BCUT2D eigenvalue weighted by atomic mass is 9.94. The van der Waals surface area contributed by atoms with Crippen LogP contribution >= 0.6 is 0 Å². The number of benzene rings is 4. The highest BCUT2D eigenvalue weighted by molar-refractivity contribution is 5.79. The minimum Gasteiger partial charge on any atom is -0.490 e. The van der Waals surface area contributed by atoms with Crippen LogP contribution in [-0.4, -0.2) is 74.1 Å². The number of amides is 1. The largest absolute Gasteiger partial charge is 0.490 e. The second-order valence-electron chi connectivity index (χ2n) is 16.5. The van der Waals surface area contributed by atoms with Gasteiger partial charge in [-0.05, 0) is 124 Å². The first-order valence-corrected chi connectivity index (χ1v) is 21.2. The van der Waals surface area contributed by atoms with Gasteiger partial charge < -0.3 is 33.8 Å². The average Bonchev–Trinajstić information content (AvgIpc) is 4.14. The lowest BCUT2D eigenvalue weighted by Gasteiger charge is -2.19. The van der Waals surface area contributed by atoms with Crippen molar-refractivity contribution in [3.05, 3.63) is 106 Å². The van der Waals surface area contributed by atoms with E-state index in [2.05, 4.69) is 39.9 Å². The molecule has 2 N–H and O–H groups in total. The predicted molar refractivity (Wildman–Crippen MR) is 228 cm³/mol. The molecule has 1 fully saturated rings. The lowest BCUT2D eigenvalue weighted by molar-refractivity contribution is -0.129. The first-order chi connectivity index (χ1) is 30.1. The van der Waals surface area contributed by atoms with Crippen LogP contribution in [0.15, 0.2) is 75.8 Å². The van der Waals surface area contributed by atoms with Crippen molar-refractivity contribution in [1.82, 2.24) is 30.5 Å². The van der Waals surface area contributed by atoms with E-state index in [0.29, 0.717) is 83.1 Å². The number of ether oxygens (including phenoxy) is 2. The average molecular weight is 831 g/mol. The van der Waals surface area contributed by atoms with Crippen molar-refractivity contribution in [2.75, 3.05) is 19.6 Å². The molecule has 0 radical (unpaired) electrons. The van der Waals surface area contributed by atoms with Crippen LogP contribution in [0.25, 0.3) is 45.7 Å². The van der Waals surface area contributed by atoms with Crippen molar-refractivity contribution in [2.24, 2.45) is 0 Å². The molecule has 9 rings (SSSR count). The fourth-order valence-electron chi connectivity index (χ4n) is 8.98. The maximum atomic E-state index is 12.7. The molecular formula is C48H46N8O6. The highest BCUT2D eigenvalue weighted by Gasteiger charge is 2.30. The van der Waals surface area contributed by atoms with Crippen molar-refractivity contribution in [1.29, 1.82) is 10.5 Å². The Morgan fingerprint density at radius 3 is 2.15 bits per heavy atom. The first-order valence-electron chi connectivity index (χ1n) is 21.2. The highest BCUT2D eigenvalue weighted by Crippen LogP contribution is 2.39. The number of aliphatic hydroxyl groups is 1. The molecule has 3 heterocycles. The molecule has 6 aromatic rings. The number of aliphatic hydroxyl groups excluding tert-OH is 1. The summed E-state index contributed by atoms with van der Waals surface area (Å²) < 4.78 is 23.6. The van der Waals surface area contributed by atoms with Crippen molar-refractivity contribution in [3.63, 3.8) is 0 Å². The van der Waals surface area contributed by atoms with E-state index in [1.54, 1.807) is 29.2 Å². The van der Waals surface area contributed by atoms with Gasteiger partial charge in [0.25, 0.3) is 11.8 Å². The second-order valence-corrected chi connectivity index (χ2v) is 16.5. The van der Waals surface area contributed by atoms with Crippen LogP contribution in [0.5, 0.6) is 11.5 Å². The van der Waals surface area contributed by atoms with E-state index in [0.717, 1.165) is 54.4 Å². The molecule has 4 aromatic carbocycles. The van der Waals surface area contributed by atoms with Crippen molar-refractivity contribution < 1.29 is 28.4 Å². The second kappa shape index (κ2) is 17.2. The summed E-state index contributed by atoms with van der Waals surface area (Å²) in [6, 6.07) is 25.3. The Labute approximate surface area is 359 Å². The molecular weight excluding hydrogens is 785 g/mol. The summed E-state index contributed by atoms with van der Waals surface area (Å²) in [4.78, 5) is 23.9. The lowest BCUT2D eigenvalue weighted by Crippen LogP contribution is -2.38. The van der Waals surface area contributed by atoms with E-state index >= 15 is 0 Å². The number of likely N-dealkylation sites (tertiary alicyclic amines) is 1. The van der Waals surface area contributed by atoms with E-state index in [9.17, 15) is 20.4 Å². The summed E-state index contributed by atoms with van der Waals surface area (Å²) in [7, 11) is 0. The van der Waals surface area contributed by atoms with Gasteiger partial charge in [-0.25, -0.2) is 0 Å². The zero-order valence-corrected chi connectivity index (χ0v) is 34.9. The quantitative estimate of drug-likeness (QED) is 0.118. The fraction of sp³-hybridized carbons (Fsp3) is 0.354. The maximum absolute atomic E-state index is 12.7. The monoisotopic (exact) mass is 830 g/mol. The third-order valence-corrected chi connectivity index (χ3v) is 11.9. The van der Waals surface area contributed by atoms with Gasteiger partial charge in [0.05, 0.1) is 36.0 Å². The minimum atomic E-state index is -0.442. The van der Waals surface area contributed by atoms with E-state index in [4.69, 9.17) is 28.5 Å². The Morgan fingerprint density at radius 2 is 1.50 bits per heavy atom. The molecule has 1 aliphatic heterocycles. The SMILES string of the molecule is CC(C)Oc1ccc(-c2nc(-c3ccc(CC(C)Oc4ccc(-c5nc(-c6cccc7c6CCC7NCC(=O)N6CC[C@H](O)C6)no5)cc4C#N)c4c3CCC4)no2)cc1C#N. The molecule has 62 heavy (non-hydrogen) atoms. The topological polar surface area (TPSA) is 196 Å². The zero-order valence-electron chi connectivity index (χ0n) is 34.9. The van der Waals surface area contributed by atoms with E-state index in [-0.39, 0.29) is 30.7 Å². The van der Waals surface area contributed by atoms with Crippen LogP contribution in [-0.2, 0) is 30.5 Å². The van der Waals surface area contributed by atoms with Gasteiger partial charge in [0.15, 0.2) is 0 Å². The number of nitrogens with one attached hydrogen (secondary N) is 1. The van der Waals surface area contributed by atoms with Crippen molar-refractivity contribution >= 4 is 5.91 Å². The fourth-order valence-corrected chi connectivity index (χ4v) is 8.98. The normalized spacial score (nSPS) is 17.1. The van der Waals surface area contributed by atoms with Crippen LogP contribution in [0.1, 0.15) is 85.0 Å². The Balaban J connectivity index is 0.862. The van der Waals surface area contributed by atoms with Crippen LogP contribution < -0.4 is 14.8 Å². The van der Waals surface area contributed by atoms with Crippen LogP contribution in [0, 0.1) is 22.7 Å². The van der Waals surface area contributed by atoms with Crippen molar-refractivity contribution in [2.45, 2.75) is 90.1 Å².